The summed E-state index contributed by atoms with van der Waals surface area (Å²) in [5.41, 5.74) is -0.237. The molecule has 0 unspecified atom stereocenters. The van der Waals surface area contributed by atoms with Crippen molar-refractivity contribution in [1.29, 1.82) is 0 Å². The van der Waals surface area contributed by atoms with Gasteiger partial charge in [-0.25, -0.2) is 22.7 Å². The van der Waals surface area contributed by atoms with Gasteiger partial charge < -0.3 is 4.74 Å². The van der Waals surface area contributed by atoms with Crippen LogP contribution < -0.4 is 5.14 Å². The second kappa shape index (κ2) is 6.11. The van der Waals surface area contributed by atoms with E-state index in [1.54, 1.807) is 0 Å². The lowest BCUT2D eigenvalue weighted by Crippen LogP contribution is -2.22. The van der Waals surface area contributed by atoms with Gasteiger partial charge in [-0.3, -0.25) is 0 Å². The molecular formula is C14H18FNO4S. The van der Waals surface area contributed by atoms with Gasteiger partial charge in [0.15, 0.2) is 0 Å². The SMILES string of the molecule is Cc1c(F)cc(C(=O)OC2CCCCC2)cc1S(N)(=O)=O. The Morgan fingerprint density at radius 3 is 2.48 bits per heavy atom. The molecule has 1 aromatic rings. The highest BCUT2D eigenvalue weighted by Gasteiger charge is 2.22. The van der Waals surface area contributed by atoms with Crippen molar-refractivity contribution >= 4 is 16.0 Å². The molecule has 0 aliphatic heterocycles. The molecule has 2 rings (SSSR count). The van der Waals surface area contributed by atoms with Gasteiger partial charge in [-0.15, -0.1) is 0 Å². The largest absolute Gasteiger partial charge is 0.459 e. The molecule has 0 aromatic heterocycles. The number of sulfonamides is 1. The van der Waals surface area contributed by atoms with Crippen LogP contribution in [0.1, 0.15) is 48.0 Å². The van der Waals surface area contributed by atoms with E-state index < -0.39 is 26.7 Å². The minimum Gasteiger partial charge on any atom is -0.459 e. The quantitative estimate of drug-likeness (QED) is 0.867. The van der Waals surface area contributed by atoms with Crippen LogP contribution in [0.2, 0.25) is 0 Å². The van der Waals surface area contributed by atoms with Crippen molar-refractivity contribution in [1.82, 2.24) is 0 Å². The fourth-order valence-electron chi connectivity index (χ4n) is 2.47. The van der Waals surface area contributed by atoms with Gasteiger partial charge in [0.25, 0.3) is 0 Å². The maximum Gasteiger partial charge on any atom is 0.338 e. The Labute approximate surface area is 123 Å². The highest BCUT2D eigenvalue weighted by molar-refractivity contribution is 7.89. The smallest absolute Gasteiger partial charge is 0.338 e. The molecule has 0 heterocycles. The van der Waals surface area contributed by atoms with Crippen LogP contribution in [0.25, 0.3) is 0 Å². The number of primary sulfonamides is 1. The predicted molar refractivity (Wildman–Crippen MR) is 74.8 cm³/mol. The summed E-state index contributed by atoms with van der Waals surface area (Å²) in [5, 5.41) is 5.03. The maximum absolute atomic E-state index is 13.8. The summed E-state index contributed by atoms with van der Waals surface area (Å²) in [6, 6.07) is 2.05. The summed E-state index contributed by atoms with van der Waals surface area (Å²) in [4.78, 5) is 11.6. The molecule has 7 heteroatoms. The van der Waals surface area contributed by atoms with Crippen LogP contribution in [0.15, 0.2) is 17.0 Å². The standard InChI is InChI=1S/C14H18FNO4S/c1-9-12(15)7-10(8-13(9)21(16,18)19)14(17)20-11-5-3-2-4-6-11/h7-8,11H,2-6H2,1H3,(H2,16,18,19). The molecule has 0 radical (unpaired) electrons. The van der Waals surface area contributed by atoms with Crippen LogP contribution in [-0.4, -0.2) is 20.5 Å². The van der Waals surface area contributed by atoms with E-state index in [2.05, 4.69) is 0 Å². The van der Waals surface area contributed by atoms with E-state index in [1.165, 1.54) is 6.92 Å². The molecule has 1 aromatic carbocycles. The van der Waals surface area contributed by atoms with Crippen LogP contribution in [-0.2, 0) is 14.8 Å². The number of hydrogen-bond acceptors (Lipinski definition) is 4. The summed E-state index contributed by atoms with van der Waals surface area (Å²) in [6.45, 7) is 1.30. The number of halogens is 1. The van der Waals surface area contributed by atoms with Crippen molar-refractivity contribution in [2.45, 2.75) is 50.0 Å². The van der Waals surface area contributed by atoms with Crippen molar-refractivity contribution in [2.24, 2.45) is 5.14 Å². The third kappa shape index (κ3) is 3.79. The van der Waals surface area contributed by atoms with E-state index >= 15 is 0 Å². The summed E-state index contributed by atoms with van der Waals surface area (Å²) in [7, 11) is -4.09. The third-order valence-electron chi connectivity index (χ3n) is 3.66. The minimum absolute atomic E-state index is 0.105. The predicted octanol–water partition coefficient (Wildman–Crippen LogP) is 2.27. The van der Waals surface area contributed by atoms with E-state index in [1.807, 2.05) is 0 Å². The second-order valence-corrected chi connectivity index (χ2v) is 6.82. The van der Waals surface area contributed by atoms with Crippen molar-refractivity contribution in [3.05, 3.63) is 29.1 Å². The number of benzene rings is 1. The Balaban J connectivity index is 2.27. The Kier molecular flexibility index (Phi) is 4.63. The summed E-state index contributed by atoms with van der Waals surface area (Å²) >= 11 is 0. The van der Waals surface area contributed by atoms with Crippen molar-refractivity contribution < 1.29 is 22.3 Å². The Hall–Kier alpha value is -1.47. The van der Waals surface area contributed by atoms with Crippen LogP contribution >= 0.6 is 0 Å². The number of carbonyl (C=O) groups excluding carboxylic acids is 1. The summed E-state index contributed by atoms with van der Waals surface area (Å²) in [6.07, 6.45) is 4.46. The van der Waals surface area contributed by atoms with Crippen molar-refractivity contribution in [2.75, 3.05) is 0 Å². The topological polar surface area (TPSA) is 86.5 Å². The van der Waals surface area contributed by atoms with Gasteiger partial charge in [0.2, 0.25) is 10.0 Å². The van der Waals surface area contributed by atoms with E-state index in [4.69, 9.17) is 9.88 Å². The molecule has 0 spiro atoms. The molecule has 21 heavy (non-hydrogen) atoms. The average Bonchev–Trinajstić information content (AvgIpc) is 2.41. The number of hydrogen-bond donors (Lipinski definition) is 1. The first-order valence-corrected chi connectivity index (χ1v) is 8.37. The van der Waals surface area contributed by atoms with Crippen LogP contribution in [0, 0.1) is 12.7 Å². The molecule has 0 saturated heterocycles. The van der Waals surface area contributed by atoms with Crippen LogP contribution in [0.5, 0.6) is 0 Å². The summed E-state index contributed by atoms with van der Waals surface area (Å²) in [5.74, 6) is -1.51. The van der Waals surface area contributed by atoms with Gasteiger partial charge in [-0.05, 0) is 44.7 Å². The number of carbonyl (C=O) groups is 1. The molecule has 0 atom stereocenters. The van der Waals surface area contributed by atoms with Crippen molar-refractivity contribution in [3.8, 4) is 0 Å². The first kappa shape index (κ1) is 15.9. The molecule has 1 aliphatic rings. The van der Waals surface area contributed by atoms with Gasteiger partial charge in [0, 0.05) is 5.56 Å². The highest BCUT2D eigenvalue weighted by atomic mass is 32.2. The van der Waals surface area contributed by atoms with Gasteiger partial charge in [-0.2, -0.15) is 0 Å². The normalized spacial score (nSPS) is 16.7. The van der Waals surface area contributed by atoms with Gasteiger partial charge in [-0.1, -0.05) is 6.42 Å². The van der Waals surface area contributed by atoms with Gasteiger partial charge in [0.1, 0.15) is 11.9 Å². The molecule has 116 valence electrons. The van der Waals surface area contributed by atoms with Crippen LogP contribution in [0.4, 0.5) is 4.39 Å². The number of esters is 1. The molecule has 1 saturated carbocycles. The maximum atomic E-state index is 13.8. The lowest BCUT2D eigenvalue weighted by Gasteiger charge is -2.22. The first-order chi connectivity index (χ1) is 9.79. The lowest BCUT2D eigenvalue weighted by atomic mass is 9.98. The van der Waals surface area contributed by atoms with E-state index in [-0.39, 0.29) is 17.2 Å². The number of ether oxygens (including phenoxy) is 1. The van der Waals surface area contributed by atoms with Gasteiger partial charge in [0.05, 0.1) is 10.5 Å². The number of rotatable bonds is 3. The van der Waals surface area contributed by atoms with Crippen LogP contribution in [0.3, 0.4) is 0 Å². The Morgan fingerprint density at radius 2 is 1.90 bits per heavy atom. The van der Waals surface area contributed by atoms with Gasteiger partial charge >= 0.3 is 5.97 Å². The van der Waals surface area contributed by atoms with Crippen molar-refractivity contribution in [3.63, 3.8) is 0 Å². The Bertz CT molecular complexity index is 651. The zero-order valence-electron chi connectivity index (χ0n) is 11.8. The highest BCUT2D eigenvalue weighted by Crippen LogP contribution is 2.24. The average molecular weight is 315 g/mol. The molecule has 0 amide bonds. The minimum atomic E-state index is -4.09. The fourth-order valence-corrected chi connectivity index (χ4v) is 3.28. The fraction of sp³-hybridized carbons (Fsp3) is 0.500. The number of nitrogens with two attached hydrogens (primary N) is 1. The summed E-state index contributed by atoms with van der Waals surface area (Å²) < 4.78 is 41.9. The van der Waals surface area contributed by atoms with E-state index in [0.717, 1.165) is 44.2 Å². The lowest BCUT2D eigenvalue weighted by molar-refractivity contribution is 0.0210. The zero-order chi connectivity index (χ0) is 15.6. The monoisotopic (exact) mass is 315 g/mol. The zero-order valence-corrected chi connectivity index (χ0v) is 12.6. The van der Waals surface area contributed by atoms with E-state index in [0.29, 0.717) is 0 Å². The first-order valence-electron chi connectivity index (χ1n) is 6.83. The molecular weight excluding hydrogens is 297 g/mol. The molecule has 5 nitrogen and oxygen atoms in total. The molecule has 2 N–H and O–H groups in total. The Morgan fingerprint density at radius 1 is 1.29 bits per heavy atom. The second-order valence-electron chi connectivity index (χ2n) is 5.29. The molecule has 1 aliphatic carbocycles. The third-order valence-corrected chi connectivity index (χ3v) is 4.70. The van der Waals surface area contributed by atoms with E-state index in [9.17, 15) is 17.6 Å². The molecule has 1 fully saturated rings. The molecule has 0 bridgehead atoms.